The first kappa shape index (κ1) is 9.27. The average molecular weight is 252 g/mol. The fourth-order valence-electron chi connectivity index (χ4n) is 1.21. The molecule has 4 heteroatoms. The van der Waals surface area contributed by atoms with Gasteiger partial charge in [-0.25, -0.2) is 4.68 Å². The van der Waals surface area contributed by atoms with Crippen LogP contribution in [0.3, 0.4) is 0 Å². The maximum Gasteiger partial charge on any atom is 0.0666 e. The van der Waals surface area contributed by atoms with Gasteiger partial charge in [-0.05, 0) is 40.5 Å². The molecular weight excluding hydrogens is 242 g/mol. The van der Waals surface area contributed by atoms with E-state index in [0.29, 0.717) is 0 Å². The zero-order chi connectivity index (χ0) is 10.1. The van der Waals surface area contributed by atoms with E-state index in [1.807, 2.05) is 31.3 Å². The van der Waals surface area contributed by atoms with Crippen LogP contribution in [0, 0.1) is 6.92 Å². The summed E-state index contributed by atoms with van der Waals surface area (Å²) in [6.07, 6.45) is 3.64. The molecule has 2 N–H and O–H groups in total. The van der Waals surface area contributed by atoms with Crippen molar-refractivity contribution in [1.29, 1.82) is 0 Å². The van der Waals surface area contributed by atoms with Gasteiger partial charge in [-0.1, -0.05) is 6.07 Å². The van der Waals surface area contributed by atoms with Crippen LogP contribution in [0.5, 0.6) is 0 Å². The van der Waals surface area contributed by atoms with Gasteiger partial charge in [-0.3, -0.25) is 0 Å². The summed E-state index contributed by atoms with van der Waals surface area (Å²) < 4.78 is 2.73. The summed E-state index contributed by atoms with van der Waals surface area (Å²) in [7, 11) is 0. The number of nitrogens with zero attached hydrogens (tertiary/aromatic N) is 2. The molecule has 0 fully saturated rings. The molecule has 0 aliphatic heterocycles. The molecule has 1 heterocycles. The number of nitrogen functional groups attached to an aromatic ring is 1. The Morgan fingerprint density at radius 3 is 2.79 bits per heavy atom. The highest BCUT2D eigenvalue weighted by Crippen LogP contribution is 2.17. The van der Waals surface area contributed by atoms with Crippen molar-refractivity contribution in [2.24, 2.45) is 0 Å². The van der Waals surface area contributed by atoms with E-state index in [0.717, 1.165) is 21.4 Å². The summed E-state index contributed by atoms with van der Waals surface area (Å²) in [5, 5.41) is 4.17. The standard InChI is InChI=1S/C10H10BrN3/c1-7-2-3-9(4-10(7)12)14-6-8(11)5-13-14/h2-6H,12H2,1H3. The maximum absolute atomic E-state index is 5.81. The summed E-state index contributed by atoms with van der Waals surface area (Å²) >= 11 is 3.35. The van der Waals surface area contributed by atoms with Gasteiger partial charge >= 0.3 is 0 Å². The Labute approximate surface area is 90.7 Å². The third-order valence-electron chi connectivity index (χ3n) is 2.08. The van der Waals surface area contributed by atoms with E-state index in [4.69, 9.17) is 5.73 Å². The number of anilines is 1. The minimum Gasteiger partial charge on any atom is -0.398 e. The molecule has 1 aromatic carbocycles. The second-order valence-corrected chi connectivity index (χ2v) is 4.06. The summed E-state index contributed by atoms with van der Waals surface area (Å²) in [6.45, 7) is 1.98. The van der Waals surface area contributed by atoms with Gasteiger partial charge in [-0.15, -0.1) is 0 Å². The van der Waals surface area contributed by atoms with Crippen molar-refractivity contribution in [3.05, 3.63) is 40.6 Å². The predicted molar refractivity (Wildman–Crippen MR) is 60.4 cm³/mol. The van der Waals surface area contributed by atoms with Crippen LogP contribution in [0.25, 0.3) is 5.69 Å². The monoisotopic (exact) mass is 251 g/mol. The van der Waals surface area contributed by atoms with Gasteiger partial charge in [0.2, 0.25) is 0 Å². The highest BCUT2D eigenvalue weighted by molar-refractivity contribution is 9.10. The molecule has 0 saturated heterocycles. The molecule has 0 radical (unpaired) electrons. The number of nitrogens with two attached hydrogens (primary N) is 1. The Hall–Kier alpha value is -1.29. The van der Waals surface area contributed by atoms with Crippen molar-refractivity contribution in [3.8, 4) is 5.69 Å². The first-order valence-electron chi connectivity index (χ1n) is 4.23. The van der Waals surface area contributed by atoms with E-state index >= 15 is 0 Å². The first-order chi connectivity index (χ1) is 6.66. The Balaban J connectivity index is 2.47. The van der Waals surface area contributed by atoms with Crippen LogP contribution in [0.4, 0.5) is 5.69 Å². The number of hydrogen-bond acceptors (Lipinski definition) is 2. The minimum atomic E-state index is 0.786. The van der Waals surface area contributed by atoms with Crippen LogP contribution in [-0.4, -0.2) is 9.78 Å². The Morgan fingerprint density at radius 1 is 1.43 bits per heavy atom. The summed E-state index contributed by atoms with van der Waals surface area (Å²) in [4.78, 5) is 0. The van der Waals surface area contributed by atoms with Crippen LogP contribution in [0.2, 0.25) is 0 Å². The Kier molecular flexibility index (Phi) is 2.29. The quantitative estimate of drug-likeness (QED) is 0.792. The van der Waals surface area contributed by atoms with E-state index in [1.165, 1.54) is 0 Å². The fraction of sp³-hybridized carbons (Fsp3) is 0.100. The van der Waals surface area contributed by atoms with Crippen molar-refractivity contribution in [2.45, 2.75) is 6.92 Å². The molecule has 0 amide bonds. The molecule has 3 nitrogen and oxygen atoms in total. The van der Waals surface area contributed by atoms with Crippen LogP contribution in [-0.2, 0) is 0 Å². The lowest BCUT2D eigenvalue weighted by Gasteiger charge is -2.04. The molecule has 14 heavy (non-hydrogen) atoms. The molecule has 0 atom stereocenters. The van der Waals surface area contributed by atoms with Gasteiger partial charge in [0, 0.05) is 11.9 Å². The largest absolute Gasteiger partial charge is 0.398 e. The molecule has 1 aromatic heterocycles. The molecule has 0 aliphatic rings. The van der Waals surface area contributed by atoms with Gasteiger partial charge in [0.15, 0.2) is 0 Å². The molecular formula is C10H10BrN3. The fourth-order valence-corrected chi connectivity index (χ4v) is 1.50. The Morgan fingerprint density at radius 2 is 2.21 bits per heavy atom. The topological polar surface area (TPSA) is 43.8 Å². The molecule has 0 spiro atoms. The van der Waals surface area contributed by atoms with E-state index in [1.54, 1.807) is 10.9 Å². The Bertz CT molecular complexity index is 462. The maximum atomic E-state index is 5.81. The molecule has 0 aliphatic carbocycles. The smallest absolute Gasteiger partial charge is 0.0666 e. The van der Waals surface area contributed by atoms with Gasteiger partial charge in [0.25, 0.3) is 0 Å². The predicted octanol–water partition coefficient (Wildman–Crippen LogP) is 2.53. The highest BCUT2D eigenvalue weighted by atomic mass is 79.9. The summed E-state index contributed by atoms with van der Waals surface area (Å²) in [6, 6.07) is 5.89. The zero-order valence-corrected chi connectivity index (χ0v) is 9.32. The lowest BCUT2D eigenvalue weighted by molar-refractivity contribution is 0.880. The SMILES string of the molecule is Cc1ccc(-n2cc(Br)cn2)cc1N. The van der Waals surface area contributed by atoms with E-state index in [9.17, 15) is 0 Å². The molecule has 0 bridgehead atoms. The van der Waals surface area contributed by atoms with Crippen LogP contribution in [0.15, 0.2) is 35.1 Å². The lowest BCUT2D eigenvalue weighted by atomic mass is 10.2. The van der Waals surface area contributed by atoms with E-state index < -0.39 is 0 Å². The second-order valence-electron chi connectivity index (χ2n) is 3.14. The molecule has 2 rings (SSSR count). The van der Waals surface area contributed by atoms with Crippen molar-refractivity contribution in [1.82, 2.24) is 9.78 Å². The number of halogens is 1. The average Bonchev–Trinajstić information content (AvgIpc) is 2.57. The zero-order valence-electron chi connectivity index (χ0n) is 7.74. The first-order valence-corrected chi connectivity index (χ1v) is 5.03. The molecule has 72 valence electrons. The number of rotatable bonds is 1. The third kappa shape index (κ3) is 1.65. The van der Waals surface area contributed by atoms with Crippen molar-refractivity contribution < 1.29 is 0 Å². The number of aryl methyl sites for hydroxylation is 1. The normalized spacial score (nSPS) is 10.4. The molecule has 2 aromatic rings. The van der Waals surface area contributed by atoms with Gasteiger partial charge < -0.3 is 5.73 Å². The van der Waals surface area contributed by atoms with Crippen LogP contribution < -0.4 is 5.73 Å². The minimum absolute atomic E-state index is 0.786. The molecule has 0 saturated carbocycles. The van der Waals surface area contributed by atoms with Crippen molar-refractivity contribution in [3.63, 3.8) is 0 Å². The number of aromatic nitrogens is 2. The van der Waals surface area contributed by atoms with Crippen molar-refractivity contribution in [2.75, 3.05) is 5.73 Å². The van der Waals surface area contributed by atoms with Gasteiger partial charge in [0.05, 0.1) is 16.4 Å². The van der Waals surface area contributed by atoms with E-state index in [-0.39, 0.29) is 0 Å². The summed E-state index contributed by atoms with van der Waals surface area (Å²) in [5.41, 5.74) is 8.65. The van der Waals surface area contributed by atoms with Gasteiger partial charge in [-0.2, -0.15) is 5.10 Å². The third-order valence-corrected chi connectivity index (χ3v) is 2.49. The summed E-state index contributed by atoms with van der Waals surface area (Å²) in [5.74, 6) is 0. The van der Waals surface area contributed by atoms with Crippen LogP contribution >= 0.6 is 15.9 Å². The second kappa shape index (κ2) is 3.46. The van der Waals surface area contributed by atoms with Crippen molar-refractivity contribution >= 4 is 21.6 Å². The van der Waals surface area contributed by atoms with E-state index in [2.05, 4.69) is 21.0 Å². The molecule has 0 unspecified atom stereocenters. The number of benzene rings is 1. The highest BCUT2D eigenvalue weighted by Gasteiger charge is 2.00. The number of hydrogen-bond donors (Lipinski definition) is 1. The van der Waals surface area contributed by atoms with Gasteiger partial charge in [0.1, 0.15) is 0 Å². The van der Waals surface area contributed by atoms with Crippen LogP contribution in [0.1, 0.15) is 5.56 Å². The lowest BCUT2D eigenvalue weighted by Crippen LogP contribution is -1.97.